The van der Waals surface area contributed by atoms with E-state index in [0.717, 1.165) is 31.5 Å². The maximum Gasteiger partial charge on any atom is 0.458 e. The van der Waals surface area contributed by atoms with E-state index in [1.54, 1.807) is 24.3 Å². The Hall–Kier alpha value is -5.16. The lowest BCUT2D eigenvalue weighted by Crippen LogP contribution is -2.39. The van der Waals surface area contributed by atoms with Gasteiger partial charge in [0.05, 0.1) is 18.8 Å². The Morgan fingerprint density at radius 3 is 1.80 bits per heavy atom. The lowest BCUT2D eigenvalue weighted by atomic mass is 10.1. The number of alkyl halides is 6. The molecule has 1 saturated heterocycles. The molecule has 0 aromatic heterocycles. The number of nitrogens with one attached hydrogen (secondary N) is 2. The van der Waals surface area contributed by atoms with Gasteiger partial charge in [0.2, 0.25) is 0 Å². The molecule has 1 aliphatic rings. The van der Waals surface area contributed by atoms with E-state index in [-0.39, 0.29) is 30.5 Å². The number of halogens is 6. The summed E-state index contributed by atoms with van der Waals surface area (Å²) in [6.45, 7) is 1.52. The minimum atomic E-state index is -5.77. The van der Waals surface area contributed by atoms with Gasteiger partial charge in [0.1, 0.15) is 11.7 Å². The number of aliphatic carboxylic acids is 1. The first kappa shape index (κ1) is 37.0. The van der Waals surface area contributed by atoms with Crippen molar-refractivity contribution < 1.29 is 64.8 Å². The summed E-state index contributed by atoms with van der Waals surface area (Å²) in [5.74, 6) is -7.65. The third-order valence-electron chi connectivity index (χ3n) is 5.92. The fourth-order valence-corrected chi connectivity index (χ4v) is 3.68. The van der Waals surface area contributed by atoms with Crippen LogP contribution in [0.2, 0.25) is 0 Å². The lowest BCUT2D eigenvalue weighted by Gasteiger charge is -2.18. The molecule has 46 heavy (non-hydrogen) atoms. The highest BCUT2D eigenvalue weighted by atomic mass is 19.4. The van der Waals surface area contributed by atoms with Gasteiger partial charge >= 0.3 is 35.9 Å². The molecular formula is C28H28F6N4O8. The van der Waals surface area contributed by atoms with Crippen LogP contribution in [0.1, 0.15) is 40.7 Å². The number of hydrogen-bond donors (Lipinski definition) is 4. The predicted molar refractivity (Wildman–Crippen MR) is 147 cm³/mol. The van der Waals surface area contributed by atoms with E-state index in [0.29, 0.717) is 23.4 Å². The topological polar surface area (TPSA) is 193 Å². The number of nitrogens with two attached hydrogens (primary N) is 1. The number of carbonyl (C=O) groups excluding carboxylic acids is 3. The summed E-state index contributed by atoms with van der Waals surface area (Å²) in [5, 5.41) is 24.6. The first-order valence-electron chi connectivity index (χ1n) is 13.2. The van der Waals surface area contributed by atoms with Crippen molar-refractivity contribution in [3.8, 4) is 11.5 Å². The smallest absolute Gasteiger partial charge is 0.458 e. The van der Waals surface area contributed by atoms with Crippen molar-refractivity contribution in [2.45, 2.75) is 31.6 Å². The third-order valence-corrected chi connectivity index (χ3v) is 5.92. The Labute approximate surface area is 257 Å². The number of rotatable bonds is 12. The van der Waals surface area contributed by atoms with Crippen molar-refractivity contribution >= 4 is 35.2 Å². The molecule has 3 rings (SSSR count). The Balaban J connectivity index is 0.000000521. The van der Waals surface area contributed by atoms with Crippen molar-refractivity contribution in [3.63, 3.8) is 0 Å². The largest absolute Gasteiger partial charge is 0.490 e. The maximum atomic E-state index is 12.3. The molecule has 1 aliphatic heterocycles. The second-order valence-corrected chi connectivity index (χ2v) is 9.37. The first-order valence-corrected chi connectivity index (χ1v) is 13.2. The maximum absolute atomic E-state index is 12.3. The highest BCUT2D eigenvalue weighted by Crippen LogP contribution is 2.29. The zero-order valence-electron chi connectivity index (χ0n) is 23.8. The number of likely N-dealkylation sites (tertiary alicyclic amines) is 1. The Morgan fingerprint density at radius 2 is 1.30 bits per heavy atom. The second-order valence-electron chi connectivity index (χ2n) is 9.37. The highest BCUT2D eigenvalue weighted by molar-refractivity contribution is 6.41. The van der Waals surface area contributed by atoms with Gasteiger partial charge in [-0.15, -0.1) is 0 Å². The summed E-state index contributed by atoms with van der Waals surface area (Å²) in [4.78, 5) is 44.3. The molecule has 0 amide bonds. The minimum Gasteiger partial charge on any atom is -0.490 e. The van der Waals surface area contributed by atoms with Crippen molar-refractivity contribution in [1.82, 2.24) is 4.90 Å². The lowest BCUT2D eigenvalue weighted by molar-refractivity contribution is -0.193. The Kier molecular flexibility index (Phi) is 13.1. The Bertz CT molecular complexity index is 1410. The van der Waals surface area contributed by atoms with E-state index in [9.17, 15) is 45.5 Å². The van der Waals surface area contributed by atoms with Crippen molar-refractivity contribution in [3.05, 3.63) is 59.2 Å². The average molecular weight is 663 g/mol. The number of carboxylic acid groups (broad SMARTS) is 1. The van der Waals surface area contributed by atoms with Crippen LogP contribution in [0, 0.1) is 10.8 Å². The number of Topliss-reactive ketones (excluding diaryl/α,β-unsaturated/α-hetero) is 2. The molecule has 250 valence electrons. The van der Waals surface area contributed by atoms with E-state index in [1.165, 1.54) is 18.2 Å². The number of benzene rings is 2. The number of amidine groups is 2. The molecule has 1 fully saturated rings. The van der Waals surface area contributed by atoms with Crippen LogP contribution in [0.4, 0.5) is 26.3 Å². The number of ether oxygens (including phenoxy) is 3. The second kappa shape index (κ2) is 16.2. The molecule has 2 aromatic carbocycles. The van der Waals surface area contributed by atoms with E-state index in [4.69, 9.17) is 35.9 Å². The summed E-state index contributed by atoms with van der Waals surface area (Å²) in [6, 6.07) is 11.3. The van der Waals surface area contributed by atoms with Gasteiger partial charge < -0.3 is 30.0 Å². The summed E-state index contributed by atoms with van der Waals surface area (Å²) in [7, 11) is 0. The summed E-state index contributed by atoms with van der Waals surface area (Å²) >= 11 is 0. The number of nitrogen functional groups attached to an aromatic ring is 1. The fraction of sp³-hybridized carbons (Fsp3) is 0.357. The SMILES string of the molecule is N=C(N)c1ccc(OCC(=O)O)c(OCCCOC(=O)c2ccc(C(=N)N3CCCC3)cc2)c1.O=C(C(=O)C(F)(F)F)C(F)(F)F. The van der Waals surface area contributed by atoms with Crippen LogP contribution in [0.15, 0.2) is 42.5 Å². The standard InChI is InChI=1S/C24H28N4O6.C4F6O2/c25-22(26)18-8-9-19(34-15-21(29)30)20(14-18)32-12-3-13-33-24(31)17-6-4-16(5-7-17)23(27)28-10-1-2-11-28;5-3(6,7)1(11)2(12)4(8,9)10/h4-9,14,27H,1-3,10-13,15H2,(H3,25,26)(H,29,30);. The van der Waals surface area contributed by atoms with Crippen molar-refractivity contribution in [2.75, 3.05) is 32.9 Å². The van der Waals surface area contributed by atoms with Crippen LogP contribution in [0.5, 0.6) is 11.5 Å². The zero-order valence-corrected chi connectivity index (χ0v) is 23.8. The van der Waals surface area contributed by atoms with Crippen LogP contribution in [0.3, 0.4) is 0 Å². The Morgan fingerprint density at radius 1 is 0.783 bits per heavy atom. The van der Waals surface area contributed by atoms with Gasteiger partial charge in [-0.25, -0.2) is 9.59 Å². The first-order chi connectivity index (χ1) is 21.4. The summed E-state index contributed by atoms with van der Waals surface area (Å²) in [6.07, 6.45) is -8.98. The number of nitrogens with zero attached hydrogens (tertiary/aromatic N) is 1. The van der Waals surface area contributed by atoms with Crippen LogP contribution >= 0.6 is 0 Å². The molecule has 5 N–H and O–H groups in total. The van der Waals surface area contributed by atoms with Gasteiger partial charge in [0.25, 0.3) is 0 Å². The van der Waals surface area contributed by atoms with Crippen LogP contribution in [-0.4, -0.2) is 90.4 Å². The predicted octanol–water partition coefficient (Wildman–Crippen LogP) is 3.73. The van der Waals surface area contributed by atoms with Crippen LogP contribution in [-0.2, 0) is 19.1 Å². The molecule has 0 bridgehead atoms. The van der Waals surface area contributed by atoms with Gasteiger partial charge in [0, 0.05) is 30.6 Å². The average Bonchev–Trinajstić information content (AvgIpc) is 3.53. The van der Waals surface area contributed by atoms with E-state index in [2.05, 4.69) is 0 Å². The minimum absolute atomic E-state index is 0.113. The molecule has 0 aliphatic carbocycles. The third kappa shape index (κ3) is 11.4. The van der Waals surface area contributed by atoms with E-state index in [1.807, 2.05) is 4.90 Å². The zero-order chi connectivity index (χ0) is 34.7. The molecule has 12 nitrogen and oxygen atoms in total. The normalized spacial score (nSPS) is 12.8. The molecule has 0 spiro atoms. The molecule has 0 unspecified atom stereocenters. The molecule has 2 aromatic rings. The molecule has 1 heterocycles. The fourth-order valence-electron chi connectivity index (χ4n) is 3.68. The highest BCUT2D eigenvalue weighted by Gasteiger charge is 2.54. The molecule has 0 atom stereocenters. The number of carboxylic acids is 1. The van der Waals surface area contributed by atoms with Crippen LogP contribution < -0.4 is 15.2 Å². The number of ketones is 2. The van der Waals surface area contributed by atoms with E-state index < -0.39 is 42.5 Å². The van der Waals surface area contributed by atoms with Crippen molar-refractivity contribution in [2.24, 2.45) is 5.73 Å². The number of carbonyl (C=O) groups is 4. The quantitative estimate of drug-likeness (QED) is 0.0650. The summed E-state index contributed by atoms with van der Waals surface area (Å²) in [5.41, 5.74) is 7.07. The molecular weight excluding hydrogens is 634 g/mol. The van der Waals surface area contributed by atoms with Gasteiger partial charge in [-0.05, 0) is 43.2 Å². The molecule has 0 saturated carbocycles. The van der Waals surface area contributed by atoms with E-state index >= 15 is 0 Å². The van der Waals surface area contributed by atoms with Crippen LogP contribution in [0.25, 0.3) is 0 Å². The number of hydrogen-bond acceptors (Lipinski definition) is 9. The summed E-state index contributed by atoms with van der Waals surface area (Å²) < 4.78 is 83.1. The molecule has 18 heteroatoms. The van der Waals surface area contributed by atoms with Gasteiger partial charge in [-0.3, -0.25) is 20.4 Å². The number of esters is 1. The van der Waals surface area contributed by atoms with Gasteiger partial charge in [0.15, 0.2) is 18.1 Å². The monoisotopic (exact) mass is 662 g/mol. The van der Waals surface area contributed by atoms with Gasteiger partial charge in [-0.1, -0.05) is 12.1 Å². The molecule has 0 radical (unpaired) electrons. The van der Waals surface area contributed by atoms with Crippen molar-refractivity contribution in [1.29, 1.82) is 10.8 Å². The van der Waals surface area contributed by atoms with Gasteiger partial charge in [-0.2, -0.15) is 26.3 Å².